The molecule has 0 aliphatic heterocycles. The fourth-order valence-corrected chi connectivity index (χ4v) is 3.26. The van der Waals surface area contributed by atoms with E-state index >= 15 is 0 Å². The van der Waals surface area contributed by atoms with Crippen LogP contribution >= 0.6 is 0 Å². The monoisotopic (exact) mass is 390 g/mol. The first-order chi connectivity index (χ1) is 12.9. The number of ether oxygens (including phenoxy) is 1. The Morgan fingerprint density at radius 1 is 1.00 bits per heavy atom. The number of hydrogen-bond acceptors (Lipinski definition) is 5. The molecule has 2 aromatic rings. The maximum absolute atomic E-state index is 12.0. The van der Waals surface area contributed by atoms with Gasteiger partial charge in [0.25, 0.3) is 5.91 Å². The van der Waals surface area contributed by atoms with Crippen molar-refractivity contribution in [3.05, 3.63) is 60.2 Å². The minimum atomic E-state index is -3.67. The van der Waals surface area contributed by atoms with Gasteiger partial charge in [-0.05, 0) is 36.2 Å². The molecule has 2 aromatic carbocycles. The van der Waals surface area contributed by atoms with Gasteiger partial charge in [0, 0.05) is 12.2 Å². The molecule has 0 spiro atoms. The van der Waals surface area contributed by atoms with Crippen molar-refractivity contribution in [2.75, 3.05) is 18.5 Å². The number of aryl methyl sites for hydroxylation is 1. The summed E-state index contributed by atoms with van der Waals surface area (Å²) in [6.45, 7) is 1.49. The Hall–Kier alpha value is -2.71. The summed E-state index contributed by atoms with van der Waals surface area (Å²) >= 11 is 0. The van der Waals surface area contributed by atoms with Gasteiger partial charge in [-0.2, -0.15) is 0 Å². The number of anilines is 1. The van der Waals surface area contributed by atoms with Gasteiger partial charge in [-0.15, -0.1) is 0 Å². The third kappa shape index (κ3) is 6.84. The Morgan fingerprint density at radius 2 is 1.67 bits per heavy atom. The normalized spacial score (nSPS) is 11.0. The maximum Gasteiger partial charge on any atom is 0.307 e. The molecule has 0 atom stereocenters. The lowest BCUT2D eigenvalue weighted by atomic mass is 10.1. The summed E-state index contributed by atoms with van der Waals surface area (Å²) in [5.41, 5.74) is 1.77. The maximum atomic E-state index is 12.0. The van der Waals surface area contributed by atoms with Gasteiger partial charge < -0.3 is 10.1 Å². The molecule has 0 aliphatic carbocycles. The Morgan fingerprint density at radius 3 is 2.30 bits per heavy atom. The summed E-state index contributed by atoms with van der Waals surface area (Å²) in [4.78, 5) is 23.6. The van der Waals surface area contributed by atoms with Crippen LogP contribution in [0.2, 0.25) is 0 Å². The predicted molar refractivity (Wildman–Crippen MR) is 102 cm³/mol. The zero-order valence-electron chi connectivity index (χ0n) is 15.0. The lowest BCUT2D eigenvalue weighted by molar-refractivity contribution is -0.147. The molecule has 0 aliphatic rings. The largest absolute Gasteiger partial charge is 0.456 e. The minimum Gasteiger partial charge on any atom is -0.456 e. The van der Waals surface area contributed by atoms with E-state index in [-0.39, 0.29) is 17.9 Å². The van der Waals surface area contributed by atoms with Crippen LogP contribution in [0.25, 0.3) is 0 Å². The molecule has 144 valence electrons. The van der Waals surface area contributed by atoms with Crippen molar-refractivity contribution in [1.29, 1.82) is 0 Å². The molecule has 2 rings (SSSR count). The predicted octanol–water partition coefficient (Wildman–Crippen LogP) is 2.10. The lowest BCUT2D eigenvalue weighted by Gasteiger charge is -2.08. The molecule has 0 saturated carbocycles. The van der Waals surface area contributed by atoms with E-state index in [1.54, 1.807) is 30.3 Å². The Kier molecular flexibility index (Phi) is 7.51. The Bertz CT molecular complexity index is 865. The first-order valence-corrected chi connectivity index (χ1v) is 9.98. The minimum absolute atomic E-state index is 0.115. The van der Waals surface area contributed by atoms with E-state index in [0.717, 1.165) is 12.0 Å². The van der Waals surface area contributed by atoms with E-state index in [2.05, 4.69) is 10.0 Å². The molecule has 8 heteroatoms. The second-order valence-electron chi connectivity index (χ2n) is 5.72. The molecular weight excluding hydrogens is 368 g/mol. The molecule has 2 N–H and O–H groups in total. The van der Waals surface area contributed by atoms with Gasteiger partial charge in [-0.3, -0.25) is 9.59 Å². The van der Waals surface area contributed by atoms with Crippen LogP contribution in [0.1, 0.15) is 18.9 Å². The van der Waals surface area contributed by atoms with Crippen molar-refractivity contribution < 1.29 is 22.7 Å². The molecule has 0 fully saturated rings. The van der Waals surface area contributed by atoms with Crippen LogP contribution in [0.3, 0.4) is 0 Å². The second-order valence-corrected chi connectivity index (χ2v) is 7.49. The average Bonchev–Trinajstić information content (AvgIpc) is 2.67. The second kappa shape index (κ2) is 9.84. The van der Waals surface area contributed by atoms with Gasteiger partial charge in [0.15, 0.2) is 6.61 Å². The van der Waals surface area contributed by atoms with E-state index in [9.17, 15) is 18.0 Å². The van der Waals surface area contributed by atoms with Gasteiger partial charge in [0.1, 0.15) is 0 Å². The van der Waals surface area contributed by atoms with E-state index in [1.807, 2.05) is 19.1 Å². The van der Waals surface area contributed by atoms with Gasteiger partial charge in [-0.25, -0.2) is 13.1 Å². The van der Waals surface area contributed by atoms with Crippen molar-refractivity contribution in [3.8, 4) is 0 Å². The number of carbonyl (C=O) groups excluding carboxylic acids is 2. The molecule has 0 bridgehead atoms. The number of benzene rings is 2. The van der Waals surface area contributed by atoms with Crippen molar-refractivity contribution in [2.24, 2.45) is 0 Å². The first kappa shape index (κ1) is 20.6. The summed E-state index contributed by atoms with van der Waals surface area (Å²) in [7, 11) is -3.67. The number of esters is 1. The highest BCUT2D eigenvalue weighted by Crippen LogP contribution is 2.10. The van der Waals surface area contributed by atoms with Crippen molar-refractivity contribution in [2.45, 2.75) is 24.7 Å². The van der Waals surface area contributed by atoms with Crippen LogP contribution in [-0.4, -0.2) is 33.4 Å². The molecule has 1 amide bonds. The molecule has 0 aromatic heterocycles. The molecule has 0 heterocycles. The number of sulfonamides is 1. The molecule has 27 heavy (non-hydrogen) atoms. The van der Waals surface area contributed by atoms with Gasteiger partial charge in [0.2, 0.25) is 10.0 Å². The standard InChI is InChI=1S/C19H22N2O5S/c1-2-15-8-10-16(11-9-15)21-18(22)14-26-19(23)12-13-20-27(24,25)17-6-4-3-5-7-17/h3-11,20H,2,12-14H2,1H3,(H,21,22). The van der Waals surface area contributed by atoms with Gasteiger partial charge >= 0.3 is 5.97 Å². The summed E-state index contributed by atoms with van der Waals surface area (Å²) in [6, 6.07) is 15.2. The van der Waals surface area contributed by atoms with E-state index in [0.29, 0.717) is 5.69 Å². The summed E-state index contributed by atoms with van der Waals surface area (Å²) in [6.07, 6.45) is 0.727. The topological polar surface area (TPSA) is 102 Å². The summed E-state index contributed by atoms with van der Waals surface area (Å²) in [5, 5.41) is 2.62. The highest BCUT2D eigenvalue weighted by Gasteiger charge is 2.14. The smallest absolute Gasteiger partial charge is 0.307 e. The van der Waals surface area contributed by atoms with Crippen LogP contribution < -0.4 is 10.0 Å². The van der Waals surface area contributed by atoms with Crippen LogP contribution in [0.4, 0.5) is 5.69 Å². The lowest BCUT2D eigenvalue weighted by Crippen LogP contribution is -2.27. The fraction of sp³-hybridized carbons (Fsp3) is 0.263. The summed E-state index contributed by atoms with van der Waals surface area (Å²) in [5.74, 6) is -1.13. The SMILES string of the molecule is CCc1ccc(NC(=O)COC(=O)CCNS(=O)(=O)c2ccccc2)cc1. The van der Waals surface area contributed by atoms with Crippen molar-refractivity contribution in [1.82, 2.24) is 4.72 Å². The first-order valence-electron chi connectivity index (χ1n) is 8.50. The van der Waals surface area contributed by atoms with Crippen LogP contribution in [0, 0.1) is 0 Å². The third-order valence-electron chi connectivity index (χ3n) is 3.68. The number of rotatable bonds is 9. The fourth-order valence-electron chi connectivity index (χ4n) is 2.21. The highest BCUT2D eigenvalue weighted by atomic mass is 32.2. The average molecular weight is 390 g/mol. The highest BCUT2D eigenvalue weighted by molar-refractivity contribution is 7.89. The molecular formula is C19H22N2O5S. The van der Waals surface area contributed by atoms with Crippen LogP contribution in [0.15, 0.2) is 59.5 Å². The van der Waals surface area contributed by atoms with Crippen molar-refractivity contribution >= 4 is 27.6 Å². The third-order valence-corrected chi connectivity index (χ3v) is 5.16. The summed E-state index contributed by atoms with van der Waals surface area (Å²) < 4.78 is 31.2. The molecule has 7 nitrogen and oxygen atoms in total. The number of nitrogens with one attached hydrogen (secondary N) is 2. The van der Waals surface area contributed by atoms with Gasteiger partial charge in [0.05, 0.1) is 11.3 Å². The molecule has 0 saturated heterocycles. The van der Waals surface area contributed by atoms with E-state index < -0.39 is 28.5 Å². The number of carbonyl (C=O) groups is 2. The Labute approximate surface area is 158 Å². The van der Waals surface area contributed by atoms with Crippen LogP contribution in [-0.2, 0) is 30.8 Å². The van der Waals surface area contributed by atoms with E-state index in [1.165, 1.54) is 12.1 Å². The zero-order valence-corrected chi connectivity index (χ0v) is 15.8. The number of amides is 1. The quantitative estimate of drug-likeness (QED) is 0.639. The van der Waals surface area contributed by atoms with Crippen LogP contribution in [0.5, 0.6) is 0 Å². The molecule has 0 radical (unpaired) electrons. The van der Waals surface area contributed by atoms with Gasteiger partial charge in [-0.1, -0.05) is 37.3 Å². The van der Waals surface area contributed by atoms with E-state index in [4.69, 9.17) is 4.74 Å². The Balaban J connectivity index is 1.70. The molecule has 0 unspecified atom stereocenters. The number of hydrogen-bond donors (Lipinski definition) is 2. The van der Waals surface area contributed by atoms with Crippen molar-refractivity contribution in [3.63, 3.8) is 0 Å². The zero-order chi connectivity index (χ0) is 19.7.